The average Bonchev–Trinajstić information content (AvgIpc) is 3.01. The van der Waals surface area contributed by atoms with E-state index in [9.17, 15) is 37.4 Å². The van der Waals surface area contributed by atoms with Gasteiger partial charge in [-0.2, -0.15) is 4.33 Å². The van der Waals surface area contributed by atoms with Gasteiger partial charge in [0.1, 0.15) is 0 Å². The van der Waals surface area contributed by atoms with E-state index >= 15 is 0 Å². The van der Waals surface area contributed by atoms with Crippen LogP contribution in [-0.4, -0.2) is 45.4 Å². The van der Waals surface area contributed by atoms with Crippen LogP contribution in [0.1, 0.15) is 48.4 Å². The van der Waals surface area contributed by atoms with Crippen molar-refractivity contribution in [2.24, 2.45) is 23.7 Å². The second kappa shape index (κ2) is 16.8. The molecule has 0 fully saturated rings. The van der Waals surface area contributed by atoms with Crippen molar-refractivity contribution in [3.05, 3.63) is 80.1 Å². The summed E-state index contributed by atoms with van der Waals surface area (Å²) < 4.78 is 42.7. The number of benzene rings is 3. The van der Waals surface area contributed by atoms with E-state index in [1.807, 2.05) is 13.8 Å². The summed E-state index contributed by atoms with van der Waals surface area (Å²) in [4.78, 5) is 57.1. The minimum absolute atomic E-state index is 0. The molecular weight excluding hydrogens is 706 g/mol. The second-order valence-electron chi connectivity index (χ2n) is 12.8. The summed E-state index contributed by atoms with van der Waals surface area (Å²) in [5, 5.41) is 14.3. The summed E-state index contributed by atoms with van der Waals surface area (Å²) in [6.07, 6.45) is 0. The van der Waals surface area contributed by atoms with Crippen molar-refractivity contribution in [2.45, 2.75) is 41.5 Å². The average molecular weight is 741 g/mol. The first-order chi connectivity index (χ1) is 22.5. The van der Waals surface area contributed by atoms with E-state index in [0.717, 1.165) is 11.1 Å². The predicted octanol–water partition coefficient (Wildman–Crippen LogP) is -1.51. The van der Waals surface area contributed by atoms with Gasteiger partial charge in [-0.05, 0) is 62.1 Å². The summed E-state index contributed by atoms with van der Waals surface area (Å²) in [6.45, 7) is 10.4. The quantitative estimate of drug-likeness (QED) is 0.0310. The zero-order valence-electron chi connectivity index (χ0n) is 29.1. The van der Waals surface area contributed by atoms with E-state index in [-0.39, 0.29) is 109 Å². The molecule has 16 heteroatoms. The fourth-order valence-electron chi connectivity index (χ4n) is 6.16. The van der Waals surface area contributed by atoms with Crippen molar-refractivity contribution < 1.29 is 96.3 Å². The Bertz CT molecular complexity index is 2360. The Morgan fingerprint density at radius 3 is 1.50 bits per heavy atom. The van der Waals surface area contributed by atoms with Crippen molar-refractivity contribution in [3.63, 3.8) is 0 Å². The predicted molar refractivity (Wildman–Crippen MR) is 182 cm³/mol. The van der Waals surface area contributed by atoms with Gasteiger partial charge in [0.15, 0.2) is 10.9 Å². The van der Waals surface area contributed by atoms with Gasteiger partial charge in [0.2, 0.25) is 11.8 Å². The van der Waals surface area contributed by atoms with Crippen LogP contribution in [0.15, 0.2) is 58.1 Å². The molecule has 2 atom stereocenters. The first kappa shape index (κ1) is 42.5. The van der Waals surface area contributed by atoms with Gasteiger partial charge in [0, 0.05) is 39.3 Å². The molecule has 5 aromatic rings. The monoisotopic (exact) mass is 740 g/mol. The largest absolute Gasteiger partial charge is 1.00 e. The number of nitrogens with zero attached hydrogens (tertiary/aromatic N) is 2. The molecule has 3 aromatic carbocycles. The van der Waals surface area contributed by atoms with E-state index in [1.54, 1.807) is 64.1 Å². The molecule has 0 N–H and O–H groups in total. The van der Waals surface area contributed by atoms with Gasteiger partial charge in [0.25, 0.3) is 0 Å². The minimum Gasteiger partial charge on any atom is -0.748 e. The van der Waals surface area contributed by atoms with Gasteiger partial charge in [-0.3, -0.25) is 33.4 Å². The summed E-state index contributed by atoms with van der Waals surface area (Å²) in [6, 6.07) is 12.7. The SMILES string of the molecule is Cc1ccc2c(c1)c(=O)c1cc3c(cc1n2C(=O)C(CSOO[O-])C(C)C)c(=O)c1cc(C)ccc1n3C(=O)C(CS(=O)(=O)[O-])C(C)C.[Na+].[Na+]. The van der Waals surface area contributed by atoms with Crippen molar-refractivity contribution in [1.82, 2.24) is 9.13 Å². The molecule has 0 saturated carbocycles. The van der Waals surface area contributed by atoms with Gasteiger partial charge in [-0.1, -0.05) is 51.0 Å². The summed E-state index contributed by atoms with van der Waals surface area (Å²) in [5.74, 6) is -4.89. The Kier molecular flexibility index (Phi) is 14.3. The zero-order chi connectivity index (χ0) is 35.2. The number of hydrogen-bond donors (Lipinski definition) is 0. The van der Waals surface area contributed by atoms with E-state index in [1.165, 1.54) is 21.3 Å². The maximum Gasteiger partial charge on any atom is 1.00 e. The van der Waals surface area contributed by atoms with Crippen LogP contribution in [0.3, 0.4) is 0 Å². The molecule has 0 radical (unpaired) electrons. The second-order valence-corrected chi connectivity index (χ2v) is 14.9. The number of aromatic nitrogens is 2. The van der Waals surface area contributed by atoms with Crippen LogP contribution in [0.25, 0.3) is 43.6 Å². The smallest absolute Gasteiger partial charge is 0.748 e. The Morgan fingerprint density at radius 1 is 0.720 bits per heavy atom. The molecule has 0 aliphatic carbocycles. The third-order valence-electron chi connectivity index (χ3n) is 8.75. The van der Waals surface area contributed by atoms with E-state index in [2.05, 4.69) is 9.37 Å². The number of aryl methyl sites for hydroxylation is 2. The number of carbonyl (C=O) groups excluding carboxylic acids is 2. The molecule has 0 aliphatic rings. The molecule has 254 valence electrons. The normalized spacial score (nSPS) is 13.2. The number of fused-ring (bicyclic) bond motifs is 4. The Hall–Kier alpha value is -1.92. The number of carbonyl (C=O) groups is 2. The van der Waals surface area contributed by atoms with Crippen LogP contribution in [0, 0.1) is 37.5 Å². The van der Waals surface area contributed by atoms with Crippen LogP contribution in [0.2, 0.25) is 0 Å². The number of hydrogen-bond acceptors (Lipinski definition) is 11. The maximum atomic E-state index is 14.4. The molecule has 12 nitrogen and oxygen atoms in total. The van der Waals surface area contributed by atoms with Crippen LogP contribution < -0.4 is 75.2 Å². The molecule has 0 aliphatic heterocycles. The van der Waals surface area contributed by atoms with Crippen LogP contribution in [0.5, 0.6) is 0 Å². The molecule has 5 rings (SSSR count). The minimum atomic E-state index is -4.82. The van der Waals surface area contributed by atoms with Gasteiger partial charge in [-0.25, -0.2) is 8.42 Å². The standard InChI is InChI=1S/C34H36N2O10S2.2Na/c1-17(2)25(15-47-46-45-41)33(39)35-27-9-7-19(5)11-21(27)31(37)23-14-30-24(13-29(23)35)32(38)22-12-20(6)8-10-28(22)36(30)34(40)26(18(3)4)16-48(42,43)44;;/h7-14,17-18,25-26,41H,15-16H2,1-6H3,(H,42,43,44);;/q;2*+1/p-2. The molecule has 2 heterocycles. The topological polar surface area (TPSA) is 177 Å². The first-order valence-electron chi connectivity index (χ1n) is 15.2. The molecule has 2 aromatic heterocycles. The first-order valence-corrected chi connectivity index (χ1v) is 17.7. The molecule has 0 saturated heterocycles. The fourth-order valence-corrected chi connectivity index (χ4v) is 7.89. The third-order valence-corrected chi connectivity index (χ3v) is 10.2. The van der Waals surface area contributed by atoms with E-state index in [4.69, 9.17) is 0 Å². The third kappa shape index (κ3) is 8.32. The summed E-state index contributed by atoms with van der Waals surface area (Å²) in [7, 11) is -4.82. The van der Waals surface area contributed by atoms with Crippen molar-refractivity contribution in [1.29, 1.82) is 0 Å². The van der Waals surface area contributed by atoms with Gasteiger partial charge >= 0.3 is 59.1 Å². The number of rotatable bonds is 10. The van der Waals surface area contributed by atoms with Crippen LogP contribution in [0.4, 0.5) is 0 Å². The Balaban J connectivity index is 0.00000338. The Morgan fingerprint density at radius 2 is 1.12 bits per heavy atom. The van der Waals surface area contributed by atoms with Crippen molar-refractivity contribution in [2.75, 3.05) is 11.5 Å². The fraction of sp³-hybridized carbons (Fsp3) is 0.353. The van der Waals surface area contributed by atoms with Crippen molar-refractivity contribution in [3.8, 4) is 0 Å². The van der Waals surface area contributed by atoms with Crippen LogP contribution >= 0.6 is 12.0 Å². The molecular formula is C34H34N2Na2O10S2. The van der Waals surface area contributed by atoms with Crippen molar-refractivity contribution >= 4 is 77.6 Å². The van der Waals surface area contributed by atoms with Gasteiger partial charge in [-0.15, -0.1) is 0 Å². The summed E-state index contributed by atoms with van der Waals surface area (Å²) >= 11 is 0.664. The molecule has 50 heavy (non-hydrogen) atoms. The maximum absolute atomic E-state index is 14.4. The van der Waals surface area contributed by atoms with E-state index in [0.29, 0.717) is 17.6 Å². The molecule has 2 unspecified atom stereocenters. The van der Waals surface area contributed by atoms with E-state index < -0.39 is 56.3 Å². The molecule has 0 bridgehead atoms. The Labute approximate surface area is 336 Å². The van der Waals surface area contributed by atoms with Crippen LogP contribution in [-0.2, 0) is 19.5 Å². The molecule has 0 spiro atoms. The number of pyridine rings is 2. The zero-order valence-corrected chi connectivity index (χ0v) is 34.8. The van der Waals surface area contributed by atoms with Gasteiger partial charge < -0.3 is 9.81 Å². The van der Waals surface area contributed by atoms with Gasteiger partial charge in [0.05, 0.1) is 49.8 Å². The molecule has 0 amide bonds. The summed E-state index contributed by atoms with van der Waals surface area (Å²) in [5.41, 5.74) is 1.18.